The summed E-state index contributed by atoms with van der Waals surface area (Å²) in [6.45, 7) is 2.13. The highest BCUT2D eigenvalue weighted by Crippen LogP contribution is 2.47. The molecule has 2 fully saturated rings. The van der Waals surface area contributed by atoms with Gasteiger partial charge >= 0.3 is 0 Å². The topological polar surface area (TPSA) is 45.1 Å². The van der Waals surface area contributed by atoms with Crippen molar-refractivity contribution in [1.29, 1.82) is 0 Å². The number of aliphatic hydroxyl groups is 1. The summed E-state index contributed by atoms with van der Waals surface area (Å²) in [4.78, 5) is 7.54. The Morgan fingerprint density at radius 3 is 2.69 bits per heavy atom. The molecule has 0 aromatic heterocycles. The second-order valence-electron chi connectivity index (χ2n) is 7.71. The van der Waals surface area contributed by atoms with Gasteiger partial charge in [-0.25, -0.2) is 0 Å². The van der Waals surface area contributed by atoms with Crippen molar-refractivity contribution in [2.24, 2.45) is 11.1 Å². The van der Waals surface area contributed by atoms with Crippen LogP contribution in [0.5, 0.6) is 0 Å². The molecule has 2 aromatic rings. The van der Waals surface area contributed by atoms with Gasteiger partial charge < -0.3 is 9.94 Å². The Labute approximate surface area is 155 Å². The molecule has 0 radical (unpaired) electrons. The van der Waals surface area contributed by atoms with Gasteiger partial charge in [-0.15, -0.1) is 0 Å². The van der Waals surface area contributed by atoms with E-state index in [9.17, 15) is 5.11 Å². The van der Waals surface area contributed by atoms with E-state index in [4.69, 9.17) is 4.84 Å². The number of hydrogen-bond acceptors (Lipinski definition) is 4. The molecule has 2 heterocycles. The second-order valence-corrected chi connectivity index (χ2v) is 7.71. The second kappa shape index (κ2) is 7.01. The summed E-state index contributed by atoms with van der Waals surface area (Å²) in [7, 11) is 3.76. The number of hydrogen-bond donors (Lipinski definition) is 1. The lowest BCUT2D eigenvalue weighted by molar-refractivity contribution is 0.0694. The van der Waals surface area contributed by atoms with Crippen LogP contribution in [0.3, 0.4) is 0 Å². The molecule has 2 saturated heterocycles. The lowest BCUT2D eigenvalue weighted by atomic mass is 9.72. The highest BCUT2D eigenvalue weighted by Gasteiger charge is 2.52. The molecule has 2 bridgehead atoms. The summed E-state index contributed by atoms with van der Waals surface area (Å²) < 4.78 is 0. The Kier molecular flexibility index (Phi) is 4.72. The van der Waals surface area contributed by atoms with Gasteiger partial charge in [-0.05, 0) is 48.6 Å². The molecule has 26 heavy (non-hydrogen) atoms. The molecular weight excluding hydrogens is 324 g/mol. The Morgan fingerprint density at radius 2 is 1.96 bits per heavy atom. The van der Waals surface area contributed by atoms with Crippen molar-refractivity contribution in [3.8, 4) is 0 Å². The molecule has 138 valence electrons. The predicted octanol–water partition coefficient (Wildman–Crippen LogP) is 3.79. The zero-order valence-corrected chi connectivity index (χ0v) is 15.8. The number of aliphatic hydroxyl groups excluding tert-OH is 1. The average molecular weight is 352 g/mol. The maximum Gasteiger partial charge on any atom is 0.106 e. The summed E-state index contributed by atoms with van der Waals surface area (Å²) >= 11 is 0. The molecule has 0 amide bonds. The molecule has 4 nitrogen and oxygen atoms in total. The van der Waals surface area contributed by atoms with Crippen molar-refractivity contribution < 1.29 is 9.94 Å². The summed E-state index contributed by atoms with van der Waals surface area (Å²) in [5, 5.41) is 17.7. The molecule has 2 unspecified atom stereocenters. The molecule has 5 atom stereocenters. The summed E-state index contributed by atoms with van der Waals surface area (Å²) in [6.07, 6.45) is 2.44. The van der Waals surface area contributed by atoms with Crippen LogP contribution in [0, 0.1) is 5.92 Å². The van der Waals surface area contributed by atoms with Crippen LogP contribution in [0.1, 0.15) is 37.7 Å². The third kappa shape index (κ3) is 2.81. The third-order valence-corrected chi connectivity index (χ3v) is 6.44. The van der Waals surface area contributed by atoms with Crippen LogP contribution >= 0.6 is 0 Å². The molecule has 2 aromatic carbocycles. The fourth-order valence-corrected chi connectivity index (χ4v) is 5.22. The first-order valence-electron chi connectivity index (χ1n) is 9.62. The van der Waals surface area contributed by atoms with Gasteiger partial charge in [0.2, 0.25) is 0 Å². The number of fused-ring (bicyclic) bond motifs is 3. The minimum atomic E-state index is -0.297. The van der Waals surface area contributed by atoms with E-state index in [1.807, 2.05) is 0 Å². The molecule has 0 spiro atoms. The zero-order chi connectivity index (χ0) is 18.3. The molecule has 2 aliphatic heterocycles. The Balaban J connectivity index is 1.80. The van der Waals surface area contributed by atoms with E-state index in [1.165, 1.54) is 16.3 Å². The number of nitrogens with zero attached hydrogens (tertiary/aromatic N) is 2. The van der Waals surface area contributed by atoms with Crippen LogP contribution in [-0.2, 0) is 4.84 Å². The summed E-state index contributed by atoms with van der Waals surface area (Å²) in [5.74, 6) is 0.539. The van der Waals surface area contributed by atoms with E-state index in [2.05, 4.69) is 66.5 Å². The molecule has 1 N–H and O–H groups in total. The van der Waals surface area contributed by atoms with E-state index in [0.717, 1.165) is 25.0 Å². The van der Waals surface area contributed by atoms with Crippen molar-refractivity contribution in [3.05, 3.63) is 48.0 Å². The number of likely N-dealkylation sites (N-methyl/N-ethyl adjacent to an activating group) is 1. The average Bonchev–Trinajstić information content (AvgIpc) is 2.84. The molecule has 0 saturated carbocycles. The smallest absolute Gasteiger partial charge is 0.106 e. The molecule has 4 rings (SSSR count). The van der Waals surface area contributed by atoms with E-state index in [1.54, 1.807) is 7.11 Å². The molecule has 4 heteroatoms. The van der Waals surface area contributed by atoms with Crippen LogP contribution < -0.4 is 0 Å². The van der Waals surface area contributed by atoms with Crippen LogP contribution in [-0.4, -0.2) is 48.1 Å². The van der Waals surface area contributed by atoms with E-state index >= 15 is 0 Å². The lowest BCUT2D eigenvalue weighted by Gasteiger charge is -2.44. The first-order chi connectivity index (χ1) is 12.6. The van der Waals surface area contributed by atoms with Gasteiger partial charge in [-0.3, -0.25) is 4.90 Å². The summed E-state index contributed by atoms with van der Waals surface area (Å²) in [5.41, 5.74) is 2.41. The number of rotatable bonds is 4. The largest absolute Gasteiger partial charge is 0.399 e. The van der Waals surface area contributed by atoms with E-state index in [-0.39, 0.29) is 18.1 Å². The van der Waals surface area contributed by atoms with Crippen molar-refractivity contribution in [3.63, 3.8) is 0 Å². The highest BCUT2D eigenvalue weighted by atomic mass is 16.6. The van der Waals surface area contributed by atoms with Crippen molar-refractivity contribution >= 4 is 16.5 Å². The van der Waals surface area contributed by atoms with Gasteiger partial charge in [0, 0.05) is 18.0 Å². The zero-order valence-electron chi connectivity index (χ0n) is 15.8. The predicted molar refractivity (Wildman–Crippen MR) is 105 cm³/mol. The van der Waals surface area contributed by atoms with Crippen molar-refractivity contribution in [1.82, 2.24) is 4.90 Å². The maximum atomic E-state index is 10.8. The number of benzene rings is 2. The quantitative estimate of drug-likeness (QED) is 0.673. The Morgan fingerprint density at radius 1 is 1.19 bits per heavy atom. The number of oxime groups is 1. The Bertz CT molecular complexity index is 819. The van der Waals surface area contributed by atoms with Crippen molar-refractivity contribution in [2.75, 3.05) is 14.2 Å². The van der Waals surface area contributed by atoms with Gasteiger partial charge in [-0.1, -0.05) is 54.5 Å². The molecular formula is C22H28N2O2. The first-order valence-corrected chi connectivity index (χ1v) is 9.62. The van der Waals surface area contributed by atoms with Crippen molar-refractivity contribution in [2.45, 2.75) is 50.3 Å². The normalized spacial score (nSPS) is 32.2. The molecule has 2 aliphatic rings. The summed E-state index contributed by atoms with van der Waals surface area (Å²) in [6, 6.07) is 15.9. The lowest BCUT2D eigenvalue weighted by Crippen LogP contribution is -2.51. The van der Waals surface area contributed by atoms with Gasteiger partial charge in [0.25, 0.3) is 0 Å². The van der Waals surface area contributed by atoms with Crippen LogP contribution in [0.4, 0.5) is 0 Å². The highest BCUT2D eigenvalue weighted by molar-refractivity contribution is 5.89. The monoisotopic (exact) mass is 352 g/mol. The van der Waals surface area contributed by atoms with Crippen LogP contribution in [0.2, 0.25) is 0 Å². The number of piperidine rings is 1. The Hall–Kier alpha value is -1.91. The van der Waals surface area contributed by atoms with Gasteiger partial charge in [0.1, 0.15) is 7.11 Å². The van der Waals surface area contributed by atoms with E-state index in [0.29, 0.717) is 12.0 Å². The van der Waals surface area contributed by atoms with Gasteiger partial charge in [0.15, 0.2) is 0 Å². The standard InChI is InChI=1S/C22H28N2O2/c1-4-19(23-26-3)21-18(12-17-13-20(25)22(21)24(17)2)16-10-9-14-7-5-6-8-15(14)11-16/h5-11,17-18,20-22,25H,4,12-13H2,1-3H3/t17?,18-,20?,21-,22+/m1/s1. The van der Waals surface area contributed by atoms with E-state index < -0.39 is 0 Å². The molecule has 0 aliphatic carbocycles. The fourth-order valence-electron chi connectivity index (χ4n) is 5.22. The van der Waals surface area contributed by atoms with Crippen LogP contribution in [0.25, 0.3) is 10.8 Å². The van der Waals surface area contributed by atoms with Gasteiger partial charge in [-0.2, -0.15) is 0 Å². The fraction of sp³-hybridized carbons (Fsp3) is 0.500. The first kappa shape index (κ1) is 17.5. The van der Waals surface area contributed by atoms with Gasteiger partial charge in [0.05, 0.1) is 11.8 Å². The minimum Gasteiger partial charge on any atom is -0.399 e. The van der Waals surface area contributed by atoms with Crippen LogP contribution in [0.15, 0.2) is 47.6 Å². The third-order valence-electron chi connectivity index (χ3n) is 6.44. The maximum absolute atomic E-state index is 10.8. The minimum absolute atomic E-state index is 0.110. The SMILES string of the molecule is CCC(=NOC)[C@H]1[C@@H](c2ccc3ccccc3c2)CC2CC(O)[C@@H]1N2C.